The topological polar surface area (TPSA) is 59.4 Å². The Labute approximate surface area is 94.7 Å². The third-order valence-electron chi connectivity index (χ3n) is 2.33. The van der Waals surface area contributed by atoms with Gasteiger partial charge in [0.25, 0.3) is 0 Å². The van der Waals surface area contributed by atoms with Gasteiger partial charge in [0, 0.05) is 28.9 Å². The SMILES string of the molecule is COC(=O)C1=C(O)c2cncc(Br)c2C1. The minimum Gasteiger partial charge on any atom is -0.507 e. The lowest BCUT2D eigenvalue weighted by Crippen LogP contribution is -2.05. The molecule has 5 heteroatoms. The van der Waals surface area contributed by atoms with Gasteiger partial charge in [-0.2, -0.15) is 0 Å². The molecule has 1 aromatic heterocycles. The van der Waals surface area contributed by atoms with Crippen LogP contribution in [-0.4, -0.2) is 23.2 Å². The van der Waals surface area contributed by atoms with Crippen LogP contribution in [0.4, 0.5) is 0 Å². The van der Waals surface area contributed by atoms with Crippen molar-refractivity contribution in [2.45, 2.75) is 6.42 Å². The number of halogens is 1. The second kappa shape index (κ2) is 3.66. The monoisotopic (exact) mass is 269 g/mol. The standard InChI is InChI=1S/C10H8BrNO3/c1-15-10(14)6-2-5-7(9(6)13)3-12-4-8(5)11/h3-4,13H,2H2,1H3. The molecule has 1 aromatic rings. The van der Waals surface area contributed by atoms with Gasteiger partial charge in [0.05, 0.1) is 12.7 Å². The van der Waals surface area contributed by atoms with Crippen LogP contribution in [0.5, 0.6) is 0 Å². The van der Waals surface area contributed by atoms with Crippen LogP contribution in [0.25, 0.3) is 5.76 Å². The maximum Gasteiger partial charge on any atom is 0.337 e. The summed E-state index contributed by atoms with van der Waals surface area (Å²) < 4.78 is 5.37. The van der Waals surface area contributed by atoms with Gasteiger partial charge >= 0.3 is 5.97 Å². The molecule has 1 heterocycles. The van der Waals surface area contributed by atoms with Crippen molar-refractivity contribution in [1.29, 1.82) is 0 Å². The number of nitrogens with zero attached hydrogens (tertiary/aromatic N) is 1. The van der Waals surface area contributed by atoms with Gasteiger partial charge in [-0.1, -0.05) is 0 Å². The molecule has 0 fully saturated rings. The Kier molecular flexibility index (Phi) is 2.48. The molecule has 0 bridgehead atoms. The van der Waals surface area contributed by atoms with E-state index in [4.69, 9.17) is 0 Å². The highest BCUT2D eigenvalue weighted by Gasteiger charge is 2.28. The molecule has 1 N–H and O–H groups in total. The van der Waals surface area contributed by atoms with Gasteiger partial charge in [0.15, 0.2) is 0 Å². The fourth-order valence-corrected chi connectivity index (χ4v) is 2.03. The molecule has 4 nitrogen and oxygen atoms in total. The molecule has 0 saturated heterocycles. The Morgan fingerprint density at radius 3 is 2.93 bits per heavy atom. The molecule has 0 unspecified atom stereocenters. The van der Waals surface area contributed by atoms with Gasteiger partial charge in [-0.25, -0.2) is 4.79 Å². The third kappa shape index (κ3) is 1.52. The van der Waals surface area contributed by atoms with Crippen LogP contribution in [0, 0.1) is 0 Å². The first kappa shape index (κ1) is 10.2. The zero-order chi connectivity index (χ0) is 11.0. The fourth-order valence-electron chi connectivity index (χ4n) is 1.56. The van der Waals surface area contributed by atoms with Gasteiger partial charge in [-0.15, -0.1) is 0 Å². The van der Waals surface area contributed by atoms with E-state index >= 15 is 0 Å². The average Bonchev–Trinajstić information content (AvgIpc) is 2.57. The molecule has 0 aromatic carbocycles. The summed E-state index contributed by atoms with van der Waals surface area (Å²) in [6.45, 7) is 0. The summed E-state index contributed by atoms with van der Waals surface area (Å²) in [7, 11) is 1.29. The van der Waals surface area contributed by atoms with Crippen LogP contribution in [0.2, 0.25) is 0 Å². The number of carbonyl (C=O) groups is 1. The Hall–Kier alpha value is -1.36. The normalized spacial score (nSPS) is 14.0. The van der Waals surface area contributed by atoms with Crippen molar-refractivity contribution >= 4 is 27.7 Å². The largest absolute Gasteiger partial charge is 0.507 e. The van der Waals surface area contributed by atoms with Crippen LogP contribution in [-0.2, 0) is 16.0 Å². The predicted molar refractivity (Wildman–Crippen MR) is 57.2 cm³/mol. The number of hydrogen-bond donors (Lipinski definition) is 1. The highest BCUT2D eigenvalue weighted by Crippen LogP contribution is 2.34. The maximum atomic E-state index is 11.3. The molecule has 2 rings (SSSR count). The van der Waals surface area contributed by atoms with E-state index in [0.29, 0.717) is 12.0 Å². The van der Waals surface area contributed by atoms with Crippen LogP contribution in [0.3, 0.4) is 0 Å². The first-order valence-corrected chi connectivity index (χ1v) is 5.07. The Morgan fingerprint density at radius 2 is 2.33 bits per heavy atom. The number of esters is 1. The molecular formula is C10H8BrNO3. The first-order valence-electron chi connectivity index (χ1n) is 4.28. The van der Waals surface area contributed by atoms with Crippen LogP contribution < -0.4 is 0 Å². The maximum absolute atomic E-state index is 11.3. The van der Waals surface area contributed by atoms with E-state index in [1.165, 1.54) is 13.3 Å². The van der Waals surface area contributed by atoms with Gasteiger partial charge in [0.1, 0.15) is 5.76 Å². The molecule has 0 radical (unpaired) electrons. The van der Waals surface area contributed by atoms with E-state index in [-0.39, 0.29) is 11.3 Å². The zero-order valence-corrected chi connectivity index (χ0v) is 9.54. The van der Waals surface area contributed by atoms with Crippen LogP contribution >= 0.6 is 15.9 Å². The molecule has 0 spiro atoms. The average molecular weight is 270 g/mol. The van der Waals surface area contributed by atoms with Gasteiger partial charge in [0.2, 0.25) is 0 Å². The van der Waals surface area contributed by atoms with Crippen molar-refractivity contribution in [3.05, 3.63) is 33.6 Å². The first-order chi connectivity index (χ1) is 7.15. The van der Waals surface area contributed by atoms with Crippen molar-refractivity contribution in [1.82, 2.24) is 4.98 Å². The number of aromatic nitrogens is 1. The van der Waals surface area contributed by atoms with Gasteiger partial charge in [-0.05, 0) is 21.5 Å². The Bertz CT molecular complexity index is 468. The van der Waals surface area contributed by atoms with Gasteiger partial charge < -0.3 is 9.84 Å². The molecule has 1 aliphatic carbocycles. The quantitative estimate of drug-likeness (QED) is 0.791. The molecule has 1 aliphatic rings. The smallest absolute Gasteiger partial charge is 0.337 e. The molecule has 0 amide bonds. The molecule has 0 aliphatic heterocycles. The summed E-state index contributed by atoms with van der Waals surface area (Å²) in [4.78, 5) is 15.3. The lowest BCUT2D eigenvalue weighted by molar-refractivity contribution is -0.136. The fraction of sp³-hybridized carbons (Fsp3) is 0.200. The van der Waals surface area contributed by atoms with Crippen molar-refractivity contribution < 1.29 is 14.6 Å². The minimum absolute atomic E-state index is 0.0364. The molecule has 0 atom stereocenters. The summed E-state index contributed by atoms with van der Waals surface area (Å²) in [5.74, 6) is -0.541. The van der Waals surface area contributed by atoms with E-state index < -0.39 is 5.97 Å². The van der Waals surface area contributed by atoms with E-state index in [2.05, 4.69) is 25.7 Å². The summed E-state index contributed by atoms with van der Waals surface area (Å²) in [5, 5.41) is 9.79. The molecule has 78 valence electrons. The summed E-state index contributed by atoms with van der Waals surface area (Å²) in [6.07, 6.45) is 3.54. The second-order valence-electron chi connectivity index (χ2n) is 3.14. The van der Waals surface area contributed by atoms with Crippen molar-refractivity contribution in [3.63, 3.8) is 0 Å². The number of carbonyl (C=O) groups excluding carboxylic acids is 1. The number of aliphatic hydroxyl groups is 1. The number of aliphatic hydroxyl groups excluding tert-OH is 1. The summed E-state index contributed by atoms with van der Waals surface area (Å²) in [5.41, 5.74) is 1.73. The minimum atomic E-state index is -0.504. The number of methoxy groups -OCH3 is 1. The highest BCUT2D eigenvalue weighted by molar-refractivity contribution is 9.10. The van der Waals surface area contributed by atoms with Crippen molar-refractivity contribution in [3.8, 4) is 0 Å². The van der Waals surface area contributed by atoms with Gasteiger partial charge in [-0.3, -0.25) is 4.98 Å². The van der Waals surface area contributed by atoms with Crippen LogP contribution in [0.15, 0.2) is 22.4 Å². The molecular weight excluding hydrogens is 262 g/mol. The summed E-state index contributed by atoms with van der Waals surface area (Å²) in [6, 6.07) is 0. The number of fused-ring (bicyclic) bond motifs is 1. The van der Waals surface area contributed by atoms with Crippen molar-refractivity contribution in [2.75, 3.05) is 7.11 Å². The number of ether oxygens (including phenoxy) is 1. The molecule has 0 saturated carbocycles. The molecule has 15 heavy (non-hydrogen) atoms. The number of hydrogen-bond acceptors (Lipinski definition) is 4. The van der Waals surface area contributed by atoms with Crippen LogP contribution in [0.1, 0.15) is 11.1 Å². The Morgan fingerprint density at radius 1 is 1.60 bits per heavy atom. The zero-order valence-electron chi connectivity index (χ0n) is 7.95. The van der Waals surface area contributed by atoms with E-state index in [1.807, 2.05) is 0 Å². The predicted octanol–water partition coefficient (Wildman–Crippen LogP) is 1.84. The number of rotatable bonds is 1. The second-order valence-corrected chi connectivity index (χ2v) is 4.00. The lowest BCUT2D eigenvalue weighted by atomic mass is 10.1. The van der Waals surface area contributed by atoms with E-state index in [1.54, 1.807) is 6.20 Å². The Balaban J connectivity index is 2.49. The van der Waals surface area contributed by atoms with E-state index in [9.17, 15) is 9.90 Å². The number of pyridine rings is 1. The summed E-state index contributed by atoms with van der Waals surface area (Å²) >= 11 is 3.32. The highest BCUT2D eigenvalue weighted by atomic mass is 79.9. The van der Waals surface area contributed by atoms with Crippen molar-refractivity contribution in [2.24, 2.45) is 0 Å². The lowest BCUT2D eigenvalue weighted by Gasteiger charge is -2.00. The van der Waals surface area contributed by atoms with E-state index in [0.717, 1.165) is 10.0 Å². The third-order valence-corrected chi connectivity index (χ3v) is 3.01.